The lowest BCUT2D eigenvalue weighted by molar-refractivity contribution is 0.317. The van der Waals surface area contributed by atoms with Crippen LogP contribution >= 0.6 is 15.9 Å². The highest BCUT2D eigenvalue weighted by atomic mass is 79.9. The number of halogens is 1. The molecule has 0 saturated carbocycles. The minimum atomic E-state index is 0.210. The van der Waals surface area contributed by atoms with Crippen LogP contribution in [-0.4, -0.2) is 12.1 Å². The zero-order chi connectivity index (χ0) is 13.8. The maximum atomic E-state index is 3.63. The van der Waals surface area contributed by atoms with Gasteiger partial charge < -0.3 is 5.32 Å². The third-order valence-electron chi connectivity index (χ3n) is 3.43. The Hall–Kier alpha value is -0.340. The van der Waals surface area contributed by atoms with Crippen LogP contribution in [0.15, 0.2) is 28.7 Å². The molecule has 0 aliphatic rings. The van der Waals surface area contributed by atoms with E-state index < -0.39 is 0 Å². The molecule has 1 N–H and O–H groups in total. The second kappa shape index (κ2) is 6.72. The van der Waals surface area contributed by atoms with E-state index in [0.717, 1.165) is 13.0 Å². The lowest BCUT2D eigenvalue weighted by Gasteiger charge is -2.27. The molecule has 0 aliphatic carbocycles. The van der Waals surface area contributed by atoms with E-state index in [2.05, 4.69) is 80.1 Å². The molecule has 0 aromatic heterocycles. The molecule has 0 amide bonds. The minimum Gasteiger partial charge on any atom is -0.312 e. The van der Waals surface area contributed by atoms with Crippen molar-refractivity contribution in [1.82, 2.24) is 5.32 Å². The van der Waals surface area contributed by atoms with Crippen molar-refractivity contribution in [2.24, 2.45) is 11.8 Å². The third-order valence-corrected chi connectivity index (χ3v) is 4.20. The molecule has 0 spiro atoms. The molecule has 0 radical (unpaired) electrons. The van der Waals surface area contributed by atoms with Gasteiger partial charge in [-0.1, -0.05) is 48.0 Å². The Morgan fingerprint density at radius 2 is 1.72 bits per heavy atom. The van der Waals surface area contributed by atoms with Crippen molar-refractivity contribution in [1.29, 1.82) is 0 Å². The molecular weight excluding hydrogens is 286 g/mol. The van der Waals surface area contributed by atoms with Crippen LogP contribution in [0.25, 0.3) is 0 Å². The van der Waals surface area contributed by atoms with Gasteiger partial charge in [0.05, 0.1) is 0 Å². The van der Waals surface area contributed by atoms with Gasteiger partial charge in [-0.05, 0) is 57.2 Å². The van der Waals surface area contributed by atoms with Crippen LogP contribution in [0.2, 0.25) is 0 Å². The summed E-state index contributed by atoms with van der Waals surface area (Å²) in [5.41, 5.74) is 1.62. The Labute approximate surface area is 120 Å². The van der Waals surface area contributed by atoms with Gasteiger partial charge in [0.25, 0.3) is 0 Å². The molecule has 1 nitrogen and oxygen atoms in total. The number of hydrogen-bond acceptors (Lipinski definition) is 1. The largest absolute Gasteiger partial charge is 0.312 e. The molecule has 0 bridgehead atoms. The van der Waals surface area contributed by atoms with Gasteiger partial charge in [0, 0.05) is 10.0 Å². The first kappa shape index (κ1) is 15.7. The fraction of sp³-hybridized carbons (Fsp3) is 0.625. The van der Waals surface area contributed by atoms with E-state index in [0.29, 0.717) is 11.8 Å². The molecule has 18 heavy (non-hydrogen) atoms. The Kier molecular flexibility index (Phi) is 5.87. The van der Waals surface area contributed by atoms with Gasteiger partial charge in [0.2, 0.25) is 0 Å². The van der Waals surface area contributed by atoms with Crippen molar-refractivity contribution in [3.63, 3.8) is 0 Å². The molecule has 1 aromatic rings. The van der Waals surface area contributed by atoms with Gasteiger partial charge in [-0.25, -0.2) is 0 Å². The molecule has 0 fully saturated rings. The fourth-order valence-corrected chi connectivity index (χ4v) is 2.33. The Morgan fingerprint density at radius 1 is 1.11 bits per heavy atom. The summed E-state index contributed by atoms with van der Waals surface area (Å²) < 4.78 is 1.23. The minimum absolute atomic E-state index is 0.210. The molecule has 1 aromatic carbocycles. The molecule has 102 valence electrons. The van der Waals surface area contributed by atoms with Crippen molar-refractivity contribution < 1.29 is 0 Å². The van der Waals surface area contributed by atoms with Crippen LogP contribution in [0, 0.1) is 11.8 Å². The SMILES string of the molecule is CC(CNC(C)(C)C)C(C)Cc1ccccc1Br. The van der Waals surface area contributed by atoms with Crippen LogP contribution in [0.1, 0.15) is 40.2 Å². The third kappa shape index (κ3) is 5.53. The van der Waals surface area contributed by atoms with Crippen molar-refractivity contribution in [2.45, 2.75) is 46.6 Å². The van der Waals surface area contributed by atoms with E-state index >= 15 is 0 Å². The molecule has 0 heterocycles. The quantitative estimate of drug-likeness (QED) is 0.834. The standard InChI is InChI=1S/C16H26BrN/c1-12(13(2)11-18-16(3,4)5)10-14-8-6-7-9-15(14)17/h6-9,12-13,18H,10-11H2,1-5H3. The fourth-order valence-electron chi connectivity index (χ4n) is 1.88. The summed E-state index contributed by atoms with van der Waals surface area (Å²) in [6.45, 7) is 12.4. The Balaban J connectivity index is 2.50. The maximum absolute atomic E-state index is 3.63. The first-order valence-corrected chi connectivity index (χ1v) is 7.57. The Bertz CT molecular complexity index is 368. The summed E-state index contributed by atoms with van der Waals surface area (Å²) in [7, 11) is 0. The average molecular weight is 312 g/mol. The van der Waals surface area contributed by atoms with Crippen LogP contribution in [0.3, 0.4) is 0 Å². The van der Waals surface area contributed by atoms with Crippen LogP contribution in [0.4, 0.5) is 0 Å². The molecule has 2 heteroatoms. The van der Waals surface area contributed by atoms with E-state index in [1.807, 2.05) is 0 Å². The summed E-state index contributed by atoms with van der Waals surface area (Å²) in [5, 5.41) is 3.59. The summed E-state index contributed by atoms with van der Waals surface area (Å²) in [4.78, 5) is 0. The van der Waals surface area contributed by atoms with Gasteiger partial charge in [-0.2, -0.15) is 0 Å². The van der Waals surface area contributed by atoms with Crippen molar-refractivity contribution in [3.8, 4) is 0 Å². The van der Waals surface area contributed by atoms with Crippen molar-refractivity contribution in [2.75, 3.05) is 6.54 Å². The summed E-state index contributed by atoms with van der Waals surface area (Å²) in [5.74, 6) is 1.36. The second-order valence-electron chi connectivity index (χ2n) is 6.38. The van der Waals surface area contributed by atoms with E-state index in [4.69, 9.17) is 0 Å². The monoisotopic (exact) mass is 311 g/mol. The highest BCUT2D eigenvalue weighted by Crippen LogP contribution is 2.23. The van der Waals surface area contributed by atoms with E-state index in [-0.39, 0.29) is 5.54 Å². The smallest absolute Gasteiger partial charge is 0.0207 e. The first-order chi connectivity index (χ1) is 8.29. The van der Waals surface area contributed by atoms with Crippen molar-refractivity contribution >= 4 is 15.9 Å². The molecule has 2 atom stereocenters. The summed E-state index contributed by atoms with van der Waals surface area (Å²) in [6, 6.07) is 8.53. The number of nitrogens with one attached hydrogen (secondary N) is 1. The average Bonchev–Trinajstić information content (AvgIpc) is 2.28. The van der Waals surface area contributed by atoms with Gasteiger partial charge in [0.15, 0.2) is 0 Å². The number of benzene rings is 1. The number of rotatable bonds is 5. The lowest BCUT2D eigenvalue weighted by atomic mass is 9.89. The van der Waals surface area contributed by atoms with Gasteiger partial charge in [0.1, 0.15) is 0 Å². The second-order valence-corrected chi connectivity index (χ2v) is 7.24. The topological polar surface area (TPSA) is 12.0 Å². The predicted molar refractivity (Wildman–Crippen MR) is 83.9 cm³/mol. The highest BCUT2D eigenvalue weighted by molar-refractivity contribution is 9.10. The normalized spacial score (nSPS) is 15.4. The zero-order valence-electron chi connectivity index (χ0n) is 12.3. The molecular formula is C16H26BrN. The van der Waals surface area contributed by atoms with Gasteiger partial charge >= 0.3 is 0 Å². The van der Waals surface area contributed by atoms with E-state index in [9.17, 15) is 0 Å². The number of hydrogen-bond donors (Lipinski definition) is 1. The molecule has 2 unspecified atom stereocenters. The first-order valence-electron chi connectivity index (χ1n) is 6.78. The maximum Gasteiger partial charge on any atom is 0.0207 e. The van der Waals surface area contributed by atoms with Crippen molar-refractivity contribution in [3.05, 3.63) is 34.3 Å². The summed E-state index contributed by atoms with van der Waals surface area (Å²) >= 11 is 3.63. The zero-order valence-corrected chi connectivity index (χ0v) is 13.8. The lowest BCUT2D eigenvalue weighted by Crippen LogP contribution is -2.40. The molecule has 0 saturated heterocycles. The van der Waals surface area contributed by atoms with Crippen LogP contribution in [0.5, 0.6) is 0 Å². The van der Waals surface area contributed by atoms with E-state index in [1.54, 1.807) is 0 Å². The molecule has 1 rings (SSSR count). The Morgan fingerprint density at radius 3 is 2.28 bits per heavy atom. The van der Waals surface area contributed by atoms with E-state index in [1.165, 1.54) is 10.0 Å². The predicted octanol–water partition coefficient (Wildman–Crippen LogP) is 4.65. The summed E-state index contributed by atoms with van der Waals surface area (Å²) in [6.07, 6.45) is 1.13. The van der Waals surface area contributed by atoms with Crippen LogP contribution in [-0.2, 0) is 6.42 Å². The molecule has 0 aliphatic heterocycles. The van der Waals surface area contributed by atoms with Gasteiger partial charge in [-0.3, -0.25) is 0 Å². The van der Waals surface area contributed by atoms with Crippen LogP contribution < -0.4 is 5.32 Å². The highest BCUT2D eigenvalue weighted by Gasteiger charge is 2.17. The van der Waals surface area contributed by atoms with Gasteiger partial charge in [-0.15, -0.1) is 0 Å².